The highest BCUT2D eigenvalue weighted by molar-refractivity contribution is 5.46. The molecular weight excluding hydrogens is 342 g/mol. The predicted octanol–water partition coefficient (Wildman–Crippen LogP) is 1.84. The number of aliphatic hydroxyl groups is 1. The quantitative estimate of drug-likeness (QED) is 0.786. The number of hydrogen-bond donors (Lipinski definition) is 2. The van der Waals surface area contributed by atoms with Gasteiger partial charge in [0.25, 0.3) is 0 Å². The normalized spacial score (nSPS) is 25.1. The molecule has 0 bridgehead atoms. The van der Waals surface area contributed by atoms with Gasteiger partial charge in [-0.3, -0.25) is 4.90 Å². The molecule has 27 heavy (non-hydrogen) atoms. The average molecular weight is 376 g/mol. The Bertz CT molecular complexity index is 602. The molecule has 0 unspecified atom stereocenters. The van der Waals surface area contributed by atoms with E-state index in [2.05, 4.69) is 21.2 Å². The van der Waals surface area contributed by atoms with Gasteiger partial charge in [0, 0.05) is 57.4 Å². The van der Waals surface area contributed by atoms with E-state index in [4.69, 9.17) is 19.8 Å². The van der Waals surface area contributed by atoms with Gasteiger partial charge in [-0.2, -0.15) is 4.98 Å². The first-order valence-corrected chi connectivity index (χ1v) is 10.6. The van der Waals surface area contributed by atoms with Crippen molar-refractivity contribution in [2.45, 2.75) is 50.5 Å². The average Bonchev–Trinajstić information content (AvgIpc) is 3.37. The van der Waals surface area contributed by atoms with Crippen LogP contribution in [0.2, 0.25) is 0 Å². The van der Waals surface area contributed by atoms with Crippen LogP contribution in [0.5, 0.6) is 0 Å². The van der Waals surface area contributed by atoms with Crippen LogP contribution in [0.4, 0.5) is 11.8 Å². The molecule has 1 aliphatic carbocycles. The maximum Gasteiger partial charge on any atom is 0.224 e. The summed E-state index contributed by atoms with van der Waals surface area (Å²) in [7, 11) is 0. The fraction of sp³-hybridized carbons (Fsp3) is 0.800. The lowest BCUT2D eigenvalue weighted by Gasteiger charge is -2.27. The minimum atomic E-state index is 0.0789. The van der Waals surface area contributed by atoms with E-state index in [1.165, 1.54) is 38.6 Å². The molecule has 1 aromatic heterocycles. The lowest BCUT2D eigenvalue weighted by Crippen LogP contribution is -2.37. The minimum absolute atomic E-state index is 0.0789. The Kier molecular flexibility index (Phi) is 6.42. The van der Waals surface area contributed by atoms with Crippen molar-refractivity contribution in [3.63, 3.8) is 0 Å². The number of anilines is 2. The van der Waals surface area contributed by atoms with E-state index in [0.29, 0.717) is 18.4 Å². The van der Waals surface area contributed by atoms with Crippen LogP contribution in [0.25, 0.3) is 0 Å². The second-order valence-corrected chi connectivity index (χ2v) is 8.00. The molecule has 7 heteroatoms. The van der Waals surface area contributed by atoms with Crippen molar-refractivity contribution in [2.75, 3.05) is 62.8 Å². The van der Waals surface area contributed by atoms with Crippen LogP contribution in [-0.2, 0) is 4.74 Å². The van der Waals surface area contributed by atoms with Crippen molar-refractivity contribution in [1.29, 1.82) is 0 Å². The highest BCUT2D eigenvalue weighted by atomic mass is 16.5. The van der Waals surface area contributed by atoms with Crippen molar-refractivity contribution < 1.29 is 9.84 Å². The van der Waals surface area contributed by atoms with Gasteiger partial charge in [0.05, 0.1) is 18.9 Å². The van der Waals surface area contributed by atoms with Crippen molar-refractivity contribution in [3.05, 3.63) is 11.8 Å². The summed E-state index contributed by atoms with van der Waals surface area (Å²) in [4.78, 5) is 14.6. The van der Waals surface area contributed by atoms with Gasteiger partial charge in [0.1, 0.15) is 5.82 Å². The molecule has 0 aromatic carbocycles. The third-order valence-electron chi connectivity index (χ3n) is 6.17. The molecule has 1 atom stereocenters. The first kappa shape index (κ1) is 18.9. The molecule has 2 aliphatic heterocycles. The SMILES string of the molecule is OCCNc1nc([C@@H]2CCOC2)cc(N2CCCN(C3CCCC3)CC2)n1. The number of nitrogens with one attached hydrogen (secondary N) is 1. The zero-order valence-electron chi connectivity index (χ0n) is 16.3. The van der Waals surface area contributed by atoms with Crippen molar-refractivity contribution in [1.82, 2.24) is 14.9 Å². The molecule has 0 amide bonds. The molecule has 2 N–H and O–H groups in total. The molecule has 1 aromatic rings. The fourth-order valence-electron chi connectivity index (χ4n) is 4.64. The summed E-state index contributed by atoms with van der Waals surface area (Å²) >= 11 is 0. The summed E-state index contributed by atoms with van der Waals surface area (Å²) in [6.45, 7) is 6.48. The fourth-order valence-corrected chi connectivity index (χ4v) is 4.64. The first-order valence-electron chi connectivity index (χ1n) is 10.6. The summed E-state index contributed by atoms with van der Waals surface area (Å²) in [6.07, 6.45) is 7.73. The van der Waals surface area contributed by atoms with E-state index in [1.54, 1.807) is 0 Å². The van der Waals surface area contributed by atoms with E-state index in [1.807, 2.05) is 0 Å². The van der Waals surface area contributed by atoms with Crippen LogP contribution >= 0.6 is 0 Å². The van der Waals surface area contributed by atoms with Crippen LogP contribution in [0.1, 0.15) is 50.1 Å². The first-order chi connectivity index (χ1) is 13.3. The Balaban J connectivity index is 1.49. The second kappa shape index (κ2) is 9.17. The maximum atomic E-state index is 9.14. The molecule has 4 rings (SSSR count). The third-order valence-corrected chi connectivity index (χ3v) is 6.17. The number of ether oxygens (including phenoxy) is 1. The van der Waals surface area contributed by atoms with Crippen LogP contribution in [0.15, 0.2) is 6.07 Å². The van der Waals surface area contributed by atoms with Crippen LogP contribution in [0.3, 0.4) is 0 Å². The largest absolute Gasteiger partial charge is 0.395 e. The molecule has 3 fully saturated rings. The standard InChI is InChI=1S/C20H33N5O2/c26-12-7-21-20-22-18(16-6-13-27-15-16)14-19(23-20)25-9-3-8-24(10-11-25)17-4-1-2-5-17/h14,16-17,26H,1-13,15H2,(H,21,22,23)/t16-/m1/s1. The molecule has 3 aliphatic rings. The van der Waals surface area contributed by atoms with Crippen LogP contribution in [0, 0.1) is 0 Å². The van der Waals surface area contributed by atoms with Crippen molar-refractivity contribution in [3.8, 4) is 0 Å². The molecule has 150 valence electrons. The summed E-state index contributed by atoms with van der Waals surface area (Å²) in [5, 5.41) is 12.3. The van der Waals surface area contributed by atoms with E-state index in [0.717, 1.165) is 56.8 Å². The highest BCUT2D eigenvalue weighted by Crippen LogP contribution is 2.29. The summed E-state index contributed by atoms with van der Waals surface area (Å²) in [6, 6.07) is 2.96. The van der Waals surface area contributed by atoms with Crippen LogP contribution in [-0.4, -0.2) is 78.6 Å². The van der Waals surface area contributed by atoms with Gasteiger partial charge in [-0.1, -0.05) is 12.8 Å². The second-order valence-electron chi connectivity index (χ2n) is 8.00. The minimum Gasteiger partial charge on any atom is -0.395 e. The van der Waals surface area contributed by atoms with Gasteiger partial charge >= 0.3 is 0 Å². The van der Waals surface area contributed by atoms with E-state index in [9.17, 15) is 0 Å². The predicted molar refractivity (Wildman–Crippen MR) is 106 cm³/mol. The summed E-state index contributed by atoms with van der Waals surface area (Å²) in [5.74, 6) is 1.99. The number of rotatable bonds is 6. The summed E-state index contributed by atoms with van der Waals surface area (Å²) < 4.78 is 5.57. The van der Waals surface area contributed by atoms with E-state index in [-0.39, 0.29) is 6.61 Å². The Labute approximate surface area is 162 Å². The molecular formula is C20H33N5O2. The van der Waals surface area contributed by atoms with Crippen LogP contribution < -0.4 is 10.2 Å². The topological polar surface area (TPSA) is 73.8 Å². The van der Waals surface area contributed by atoms with Gasteiger partial charge in [0.2, 0.25) is 5.95 Å². The Morgan fingerprint density at radius 1 is 1.07 bits per heavy atom. The summed E-state index contributed by atoms with van der Waals surface area (Å²) in [5.41, 5.74) is 1.06. The monoisotopic (exact) mass is 375 g/mol. The Morgan fingerprint density at radius 3 is 2.74 bits per heavy atom. The highest BCUT2D eigenvalue weighted by Gasteiger charge is 2.26. The number of aliphatic hydroxyl groups excluding tert-OH is 1. The molecule has 7 nitrogen and oxygen atoms in total. The Hall–Kier alpha value is -1.44. The third kappa shape index (κ3) is 4.70. The van der Waals surface area contributed by atoms with Gasteiger partial charge in [0.15, 0.2) is 0 Å². The number of nitrogens with zero attached hydrogens (tertiary/aromatic N) is 4. The zero-order chi connectivity index (χ0) is 18.5. The lowest BCUT2D eigenvalue weighted by atomic mass is 10.0. The van der Waals surface area contributed by atoms with Gasteiger partial charge in [-0.05, 0) is 25.7 Å². The van der Waals surface area contributed by atoms with E-state index >= 15 is 0 Å². The van der Waals surface area contributed by atoms with Gasteiger partial charge in [-0.25, -0.2) is 4.98 Å². The van der Waals surface area contributed by atoms with Gasteiger partial charge in [-0.15, -0.1) is 0 Å². The lowest BCUT2D eigenvalue weighted by molar-refractivity contribution is 0.193. The molecule has 2 saturated heterocycles. The molecule has 0 radical (unpaired) electrons. The Morgan fingerprint density at radius 2 is 1.96 bits per heavy atom. The maximum absolute atomic E-state index is 9.14. The number of aromatic nitrogens is 2. The number of hydrogen-bond acceptors (Lipinski definition) is 7. The molecule has 3 heterocycles. The molecule has 0 spiro atoms. The van der Waals surface area contributed by atoms with Crippen molar-refractivity contribution in [2.24, 2.45) is 0 Å². The molecule has 1 saturated carbocycles. The smallest absolute Gasteiger partial charge is 0.224 e. The van der Waals surface area contributed by atoms with Crippen molar-refractivity contribution >= 4 is 11.8 Å². The van der Waals surface area contributed by atoms with Gasteiger partial charge < -0.3 is 20.1 Å². The zero-order valence-corrected chi connectivity index (χ0v) is 16.3. The van der Waals surface area contributed by atoms with E-state index < -0.39 is 0 Å².